The summed E-state index contributed by atoms with van der Waals surface area (Å²) in [6.45, 7) is 5.42. The van der Waals surface area contributed by atoms with Crippen LogP contribution in [-0.4, -0.2) is 25.7 Å². The number of rotatable bonds is 5. The minimum absolute atomic E-state index is 0.357. The molecule has 2 unspecified atom stereocenters. The molecule has 108 valence electrons. The summed E-state index contributed by atoms with van der Waals surface area (Å²) in [5.41, 5.74) is 1.64. The van der Waals surface area contributed by atoms with E-state index in [4.69, 9.17) is 0 Å². The lowest BCUT2D eigenvalue weighted by molar-refractivity contribution is -0.118. The van der Waals surface area contributed by atoms with Crippen molar-refractivity contribution in [3.8, 4) is 6.07 Å². The Bertz CT molecular complexity index is 624. The summed E-state index contributed by atoms with van der Waals surface area (Å²) in [6.07, 6.45) is 1.01. The second kappa shape index (κ2) is 6.19. The molecular weight excluding hydrogens is 274 g/mol. The topological polar surface area (TPSA) is 75.0 Å². The molecule has 0 radical (unpaired) electrons. The smallest absolute Gasteiger partial charge is 0.172 e. The summed E-state index contributed by atoms with van der Waals surface area (Å²) < 4.78 is 22.9. The molecule has 1 rings (SSSR count). The highest BCUT2D eigenvalue weighted by atomic mass is 32.2. The lowest BCUT2D eigenvalue weighted by Gasteiger charge is -2.14. The zero-order valence-electron chi connectivity index (χ0n) is 12.1. The maximum Gasteiger partial charge on any atom is 0.172 e. The van der Waals surface area contributed by atoms with Crippen molar-refractivity contribution >= 4 is 15.6 Å². The first-order valence-corrected chi connectivity index (χ1v) is 8.36. The van der Waals surface area contributed by atoms with Gasteiger partial charge >= 0.3 is 0 Å². The van der Waals surface area contributed by atoms with Gasteiger partial charge < -0.3 is 0 Å². The van der Waals surface area contributed by atoms with E-state index in [2.05, 4.69) is 0 Å². The Labute approximate surface area is 120 Å². The molecule has 0 saturated carbocycles. The van der Waals surface area contributed by atoms with Crippen LogP contribution in [0.25, 0.3) is 0 Å². The van der Waals surface area contributed by atoms with Crippen LogP contribution in [0, 0.1) is 11.3 Å². The standard InChI is InChI=1S/C15H19NO3S/c1-10(2)12-5-7-13(8-6-12)14(9-16)15(17)11(3)20(4,18)19/h5-8,10-11,14H,1-4H3. The molecule has 0 fully saturated rings. The van der Waals surface area contributed by atoms with Gasteiger partial charge in [-0.15, -0.1) is 0 Å². The van der Waals surface area contributed by atoms with Crippen LogP contribution in [-0.2, 0) is 14.6 Å². The van der Waals surface area contributed by atoms with Gasteiger partial charge in [0, 0.05) is 6.26 Å². The fraction of sp³-hybridized carbons (Fsp3) is 0.467. The van der Waals surface area contributed by atoms with E-state index >= 15 is 0 Å². The molecular formula is C15H19NO3S. The van der Waals surface area contributed by atoms with Crippen LogP contribution in [0.4, 0.5) is 0 Å². The molecule has 0 amide bonds. The molecule has 4 nitrogen and oxygen atoms in total. The van der Waals surface area contributed by atoms with Crippen LogP contribution in [0.1, 0.15) is 43.7 Å². The van der Waals surface area contributed by atoms with E-state index in [1.165, 1.54) is 6.92 Å². The molecule has 0 aliphatic heterocycles. The number of hydrogen-bond donors (Lipinski definition) is 0. The van der Waals surface area contributed by atoms with Gasteiger partial charge in [0.15, 0.2) is 15.6 Å². The van der Waals surface area contributed by atoms with Gasteiger partial charge in [-0.25, -0.2) is 8.42 Å². The Morgan fingerprint density at radius 2 is 1.55 bits per heavy atom. The Kier molecular flexibility index (Phi) is 5.07. The number of Topliss-reactive ketones (excluding diaryl/α,β-unsaturated/α-hetero) is 1. The van der Waals surface area contributed by atoms with Gasteiger partial charge in [-0.2, -0.15) is 5.26 Å². The lowest BCUT2D eigenvalue weighted by atomic mass is 9.92. The van der Waals surface area contributed by atoms with Crippen molar-refractivity contribution in [2.75, 3.05) is 6.26 Å². The SMILES string of the molecule is CC(C)c1ccc(C(C#N)C(=O)C(C)S(C)(=O)=O)cc1. The summed E-state index contributed by atoms with van der Waals surface area (Å²) in [6, 6.07) is 9.07. The van der Waals surface area contributed by atoms with E-state index < -0.39 is 26.8 Å². The average Bonchev–Trinajstić information content (AvgIpc) is 2.38. The zero-order valence-corrected chi connectivity index (χ0v) is 12.9. The number of benzene rings is 1. The highest BCUT2D eigenvalue weighted by Crippen LogP contribution is 2.22. The van der Waals surface area contributed by atoms with Crippen LogP contribution in [0.2, 0.25) is 0 Å². The van der Waals surface area contributed by atoms with Gasteiger partial charge in [0.2, 0.25) is 0 Å². The fourth-order valence-electron chi connectivity index (χ4n) is 1.82. The third-order valence-corrected chi connectivity index (χ3v) is 4.91. The van der Waals surface area contributed by atoms with Crippen LogP contribution < -0.4 is 0 Å². The molecule has 0 aliphatic carbocycles. The molecule has 1 aromatic carbocycles. The summed E-state index contributed by atoms with van der Waals surface area (Å²) in [5, 5.41) is 8.01. The number of nitrogens with zero attached hydrogens (tertiary/aromatic N) is 1. The predicted octanol–water partition coefficient (Wildman–Crippen LogP) is 2.42. The second-order valence-electron chi connectivity index (χ2n) is 5.26. The molecule has 0 heterocycles. The summed E-state index contributed by atoms with van der Waals surface area (Å²) >= 11 is 0. The van der Waals surface area contributed by atoms with E-state index in [0.717, 1.165) is 11.8 Å². The van der Waals surface area contributed by atoms with Gasteiger partial charge in [-0.1, -0.05) is 38.1 Å². The number of carbonyl (C=O) groups excluding carboxylic acids is 1. The number of hydrogen-bond acceptors (Lipinski definition) is 4. The number of sulfone groups is 1. The Morgan fingerprint density at radius 3 is 1.90 bits per heavy atom. The predicted molar refractivity (Wildman–Crippen MR) is 78.2 cm³/mol. The highest BCUT2D eigenvalue weighted by Gasteiger charge is 2.31. The lowest BCUT2D eigenvalue weighted by Crippen LogP contribution is -2.30. The van der Waals surface area contributed by atoms with E-state index in [9.17, 15) is 18.5 Å². The van der Waals surface area contributed by atoms with Crippen molar-refractivity contribution in [1.82, 2.24) is 0 Å². The summed E-state index contributed by atoms with van der Waals surface area (Å²) in [7, 11) is -3.49. The Balaban J connectivity index is 3.09. The van der Waals surface area contributed by atoms with Gasteiger partial charge in [-0.3, -0.25) is 4.79 Å². The van der Waals surface area contributed by atoms with Gasteiger partial charge in [0.1, 0.15) is 11.2 Å². The molecule has 1 aromatic rings. The monoisotopic (exact) mass is 293 g/mol. The highest BCUT2D eigenvalue weighted by molar-refractivity contribution is 7.92. The molecule has 0 aromatic heterocycles. The van der Waals surface area contributed by atoms with Crippen molar-refractivity contribution in [2.24, 2.45) is 0 Å². The van der Waals surface area contributed by atoms with Gasteiger partial charge in [-0.05, 0) is 24.0 Å². The molecule has 20 heavy (non-hydrogen) atoms. The van der Waals surface area contributed by atoms with E-state index in [1.807, 2.05) is 32.0 Å². The van der Waals surface area contributed by atoms with Crippen molar-refractivity contribution in [1.29, 1.82) is 5.26 Å². The molecule has 0 bridgehead atoms. The van der Waals surface area contributed by atoms with E-state index in [-0.39, 0.29) is 0 Å². The van der Waals surface area contributed by atoms with E-state index in [0.29, 0.717) is 11.5 Å². The number of carbonyl (C=O) groups is 1. The van der Waals surface area contributed by atoms with Crippen molar-refractivity contribution in [3.05, 3.63) is 35.4 Å². The normalized spacial score (nSPS) is 14.6. The van der Waals surface area contributed by atoms with Crippen molar-refractivity contribution in [2.45, 2.75) is 37.9 Å². The minimum atomic E-state index is -3.49. The van der Waals surface area contributed by atoms with Gasteiger partial charge in [0.05, 0.1) is 6.07 Å². The van der Waals surface area contributed by atoms with Crippen molar-refractivity contribution in [3.63, 3.8) is 0 Å². The molecule has 0 saturated heterocycles. The molecule has 0 N–H and O–H groups in total. The molecule has 0 spiro atoms. The maximum atomic E-state index is 12.1. The minimum Gasteiger partial charge on any atom is -0.296 e. The van der Waals surface area contributed by atoms with Crippen LogP contribution in [0.5, 0.6) is 0 Å². The summed E-state index contributed by atoms with van der Waals surface area (Å²) in [4.78, 5) is 12.1. The third-order valence-electron chi connectivity index (χ3n) is 3.39. The quantitative estimate of drug-likeness (QED) is 0.835. The Hall–Kier alpha value is -1.67. The average molecular weight is 293 g/mol. The van der Waals surface area contributed by atoms with Crippen LogP contribution in [0.15, 0.2) is 24.3 Å². The van der Waals surface area contributed by atoms with Crippen LogP contribution >= 0.6 is 0 Å². The fourth-order valence-corrected chi connectivity index (χ4v) is 2.38. The first-order valence-electron chi connectivity index (χ1n) is 6.40. The molecule has 2 atom stereocenters. The molecule has 0 aliphatic rings. The second-order valence-corrected chi connectivity index (χ2v) is 7.62. The third kappa shape index (κ3) is 3.67. The first kappa shape index (κ1) is 16.4. The number of ketones is 1. The number of nitriles is 1. The van der Waals surface area contributed by atoms with Gasteiger partial charge in [0.25, 0.3) is 0 Å². The summed E-state index contributed by atoms with van der Waals surface area (Å²) in [5.74, 6) is -1.26. The van der Waals surface area contributed by atoms with Crippen LogP contribution in [0.3, 0.4) is 0 Å². The van der Waals surface area contributed by atoms with Crippen molar-refractivity contribution < 1.29 is 13.2 Å². The Morgan fingerprint density at radius 1 is 1.10 bits per heavy atom. The first-order chi connectivity index (χ1) is 9.18. The molecule has 5 heteroatoms. The zero-order chi connectivity index (χ0) is 15.5. The van der Waals surface area contributed by atoms with E-state index in [1.54, 1.807) is 12.1 Å². The maximum absolute atomic E-state index is 12.1. The largest absolute Gasteiger partial charge is 0.296 e.